The number of anilines is 1. The van der Waals surface area contributed by atoms with Crippen LogP contribution < -0.4 is 9.64 Å². The Kier molecular flexibility index (Phi) is 5.52. The third kappa shape index (κ3) is 3.71. The highest BCUT2D eigenvalue weighted by Gasteiger charge is 2.59. The molecule has 3 aromatic rings. The lowest BCUT2D eigenvalue weighted by Gasteiger charge is -2.34. The number of hydrogen-bond acceptors (Lipinski definition) is 7. The van der Waals surface area contributed by atoms with Gasteiger partial charge in [0, 0.05) is 28.3 Å². The summed E-state index contributed by atoms with van der Waals surface area (Å²) >= 11 is 0. The smallest absolute Gasteiger partial charge is 0.270 e. The lowest BCUT2D eigenvalue weighted by molar-refractivity contribution is -0.524. The molecule has 1 saturated heterocycles. The number of ketones is 1. The number of hydrogen-bond donors (Lipinski definition) is 0. The van der Waals surface area contributed by atoms with Crippen LogP contribution in [0.5, 0.6) is 5.75 Å². The molecule has 0 spiro atoms. The second-order valence-corrected chi connectivity index (χ2v) is 8.51. The molecule has 2 aliphatic heterocycles. The van der Waals surface area contributed by atoms with Crippen molar-refractivity contribution in [3.05, 3.63) is 116 Å². The van der Waals surface area contributed by atoms with Crippen molar-refractivity contribution in [3.8, 4) is 5.75 Å². The van der Waals surface area contributed by atoms with Gasteiger partial charge in [-0.15, -0.1) is 0 Å². The number of fused-ring (bicyclic) bond motifs is 3. The van der Waals surface area contributed by atoms with Crippen LogP contribution in [0.15, 0.2) is 78.9 Å². The summed E-state index contributed by atoms with van der Waals surface area (Å²) in [6.07, 6.45) is 3.62. The van der Waals surface area contributed by atoms with Crippen molar-refractivity contribution >= 4 is 23.2 Å². The Morgan fingerprint density at radius 2 is 1.71 bits per heavy atom. The van der Waals surface area contributed by atoms with Gasteiger partial charge in [-0.25, -0.2) is 0 Å². The van der Waals surface area contributed by atoms with Crippen LogP contribution in [0.3, 0.4) is 0 Å². The summed E-state index contributed by atoms with van der Waals surface area (Å²) in [5.41, 5.74) is 2.11. The Hall–Kier alpha value is -4.53. The van der Waals surface area contributed by atoms with Gasteiger partial charge in [0.15, 0.2) is 5.78 Å². The van der Waals surface area contributed by atoms with Crippen molar-refractivity contribution in [2.75, 3.05) is 12.0 Å². The van der Waals surface area contributed by atoms with Gasteiger partial charge in [0.1, 0.15) is 17.8 Å². The number of nitrogens with zero attached hydrogens (tertiary/aromatic N) is 3. The maximum absolute atomic E-state index is 14.0. The minimum Gasteiger partial charge on any atom is -0.497 e. The van der Waals surface area contributed by atoms with E-state index in [4.69, 9.17) is 4.74 Å². The van der Waals surface area contributed by atoms with Crippen molar-refractivity contribution in [1.82, 2.24) is 0 Å². The molecule has 9 heteroatoms. The molecule has 1 fully saturated rings. The van der Waals surface area contributed by atoms with Gasteiger partial charge in [-0.2, -0.15) is 0 Å². The van der Waals surface area contributed by atoms with Crippen LogP contribution >= 0.6 is 0 Å². The zero-order valence-electron chi connectivity index (χ0n) is 18.7. The van der Waals surface area contributed by atoms with Gasteiger partial charge >= 0.3 is 0 Å². The number of nitro groups is 2. The van der Waals surface area contributed by atoms with Gasteiger partial charge in [0.05, 0.1) is 18.0 Å². The van der Waals surface area contributed by atoms with E-state index in [-0.39, 0.29) is 16.2 Å². The summed E-state index contributed by atoms with van der Waals surface area (Å²) in [7, 11) is 1.53. The molecule has 0 N–H and O–H groups in total. The predicted molar refractivity (Wildman–Crippen MR) is 129 cm³/mol. The summed E-state index contributed by atoms with van der Waals surface area (Å²) < 4.78 is 5.24. The summed E-state index contributed by atoms with van der Waals surface area (Å²) in [6.45, 7) is 0. The molecular formula is C26H21N3O6. The van der Waals surface area contributed by atoms with Crippen LogP contribution in [-0.2, 0) is 0 Å². The number of ether oxygens (including phenoxy) is 1. The van der Waals surface area contributed by atoms with Gasteiger partial charge in [0.25, 0.3) is 5.69 Å². The zero-order chi connectivity index (χ0) is 24.7. The van der Waals surface area contributed by atoms with Crippen molar-refractivity contribution < 1.29 is 19.4 Å². The molecule has 4 unspecified atom stereocenters. The zero-order valence-corrected chi connectivity index (χ0v) is 18.7. The second kappa shape index (κ2) is 8.68. The fourth-order valence-corrected chi connectivity index (χ4v) is 5.20. The number of Topliss-reactive ketones (excluding diaryl/α,β-unsaturated/α-hetero) is 1. The van der Waals surface area contributed by atoms with E-state index >= 15 is 0 Å². The van der Waals surface area contributed by atoms with Gasteiger partial charge in [0.2, 0.25) is 6.04 Å². The number of non-ortho nitro benzene ring substituents is 1. The van der Waals surface area contributed by atoms with Gasteiger partial charge < -0.3 is 9.64 Å². The van der Waals surface area contributed by atoms with Crippen molar-refractivity contribution in [1.29, 1.82) is 0 Å². The largest absolute Gasteiger partial charge is 0.497 e. The minimum absolute atomic E-state index is 0.137. The Bertz CT molecular complexity index is 1350. The molecule has 0 saturated carbocycles. The van der Waals surface area contributed by atoms with Crippen molar-refractivity contribution in [2.24, 2.45) is 0 Å². The lowest BCUT2D eigenvalue weighted by Crippen LogP contribution is -2.44. The molecule has 0 radical (unpaired) electrons. The minimum atomic E-state index is -1.11. The predicted octanol–water partition coefficient (Wildman–Crippen LogP) is 4.50. The number of carbonyl (C=O) groups is 1. The molecule has 0 amide bonds. The summed E-state index contributed by atoms with van der Waals surface area (Å²) in [5, 5.41) is 23.8. The Morgan fingerprint density at radius 1 is 0.971 bits per heavy atom. The molecule has 5 rings (SSSR count). The first-order valence-electron chi connectivity index (χ1n) is 11.0. The topological polar surface area (TPSA) is 116 Å². The summed E-state index contributed by atoms with van der Waals surface area (Å²) in [5.74, 6) is -0.619. The molecule has 3 aromatic carbocycles. The highest BCUT2D eigenvalue weighted by atomic mass is 16.6. The highest BCUT2D eigenvalue weighted by molar-refractivity contribution is 6.04. The Morgan fingerprint density at radius 3 is 2.40 bits per heavy atom. The molecule has 176 valence electrons. The fourth-order valence-electron chi connectivity index (χ4n) is 5.20. The third-order valence-corrected chi connectivity index (χ3v) is 6.72. The average Bonchev–Trinajstić information content (AvgIpc) is 3.24. The first kappa shape index (κ1) is 22.3. The number of benzene rings is 3. The normalized spacial score (nSPS) is 22.3. The van der Waals surface area contributed by atoms with Crippen LogP contribution in [0.2, 0.25) is 0 Å². The second-order valence-electron chi connectivity index (χ2n) is 8.51. The van der Waals surface area contributed by atoms with E-state index in [1.165, 1.54) is 31.4 Å². The summed E-state index contributed by atoms with van der Waals surface area (Å²) in [6, 6.07) is 17.1. The fraction of sp³-hybridized carbons (Fsp3) is 0.192. The first-order chi connectivity index (χ1) is 16.9. The standard InChI is InChI=1S/C26H21N3O6/c1-35-20-12-9-17(10-13-20)23-24(29(33)34)22-14-11-16-5-2-3-8-21(16)27(22)25(23)26(30)18-6-4-7-19(15-18)28(31)32/h2-15,22-25H,1H3. The van der Waals surface area contributed by atoms with Crippen LogP contribution in [0.25, 0.3) is 6.08 Å². The van der Waals surface area contributed by atoms with Crippen molar-refractivity contribution in [3.63, 3.8) is 0 Å². The van der Waals surface area contributed by atoms with E-state index in [0.717, 1.165) is 5.56 Å². The van der Waals surface area contributed by atoms with E-state index in [2.05, 4.69) is 0 Å². The molecule has 9 nitrogen and oxygen atoms in total. The average molecular weight is 471 g/mol. The van der Waals surface area contributed by atoms with E-state index in [1.54, 1.807) is 35.2 Å². The van der Waals surface area contributed by atoms with E-state index in [0.29, 0.717) is 17.0 Å². The molecule has 2 heterocycles. The van der Waals surface area contributed by atoms with Crippen LogP contribution in [-0.4, -0.2) is 40.9 Å². The van der Waals surface area contributed by atoms with Crippen LogP contribution in [0.1, 0.15) is 27.4 Å². The molecular weight excluding hydrogens is 450 g/mol. The molecule has 0 aromatic heterocycles. The SMILES string of the molecule is COc1ccc(C2C(C(=O)c3cccc([N+](=O)[O-])c3)N3c4ccccc4C=CC3C2[N+](=O)[O-])cc1. The van der Waals surface area contributed by atoms with Crippen molar-refractivity contribution in [2.45, 2.75) is 24.0 Å². The number of nitro benzene ring substituents is 1. The quantitative estimate of drug-likeness (QED) is 0.295. The summed E-state index contributed by atoms with van der Waals surface area (Å²) in [4.78, 5) is 38.7. The number of carbonyl (C=O) groups excluding carboxylic acids is 1. The third-order valence-electron chi connectivity index (χ3n) is 6.72. The van der Waals surface area contributed by atoms with E-state index < -0.39 is 34.7 Å². The van der Waals surface area contributed by atoms with Crippen LogP contribution in [0.4, 0.5) is 11.4 Å². The molecule has 35 heavy (non-hydrogen) atoms. The van der Waals surface area contributed by atoms with Crippen LogP contribution in [0, 0.1) is 20.2 Å². The number of rotatable bonds is 6. The Labute approximate surface area is 200 Å². The number of para-hydroxylation sites is 1. The molecule has 4 atom stereocenters. The molecule has 2 aliphatic rings. The monoisotopic (exact) mass is 471 g/mol. The number of methoxy groups -OCH3 is 1. The van der Waals surface area contributed by atoms with Gasteiger partial charge in [-0.3, -0.25) is 25.0 Å². The highest BCUT2D eigenvalue weighted by Crippen LogP contribution is 2.47. The van der Waals surface area contributed by atoms with Gasteiger partial charge in [-0.1, -0.05) is 54.6 Å². The molecule has 0 bridgehead atoms. The lowest BCUT2D eigenvalue weighted by atomic mass is 9.83. The maximum atomic E-state index is 14.0. The Balaban J connectivity index is 1.70. The maximum Gasteiger partial charge on any atom is 0.270 e. The first-order valence-corrected chi connectivity index (χ1v) is 11.0. The van der Waals surface area contributed by atoms with E-state index in [1.807, 2.05) is 30.3 Å². The van der Waals surface area contributed by atoms with E-state index in [9.17, 15) is 25.0 Å². The molecule has 0 aliphatic carbocycles. The van der Waals surface area contributed by atoms with Gasteiger partial charge in [-0.05, 0) is 29.3 Å².